The van der Waals surface area contributed by atoms with Gasteiger partial charge in [0.15, 0.2) is 0 Å². The van der Waals surface area contributed by atoms with Gasteiger partial charge < -0.3 is 47.5 Å². The molecular formula is C34H41N9O5. The Balaban J connectivity index is 1.29. The number of aromatic nitrogens is 4. The number of fused-ring (bicyclic) bond motifs is 2. The van der Waals surface area contributed by atoms with E-state index in [2.05, 4.69) is 35.9 Å². The molecular weight excluding hydrogens is 614 g/mol. The fraction of sp³-hybridized carbons (Fsp3) is 0.324. The molecule has 0 aliphatic carbocycles. The van der Waals surface area contributed by atoms with Crippen LogP contribution >= 0.6 is 0 Å². The number of amides is 3. The summed E-state index contributed by atoms with van der Waals surface area (Å²) in [5, 5.41) is 19.9. The van der Waals surface area contributed by atoms with Crippen molar-refractivity contribution in [1.29, 1.82) is 0 Å². The van der Waals surface area contributed by atoms with Gasteiger partial charge >= 0.3 is 5.97 Å². The van der Waals surface area contributed by atoms with Crippen LogP contribution in [0, 0.1) is 0 Å². The highest BCUT2D eigenvalue weighted by molar-refractivity contribution is 5.95. The van der Waals surface area contributed by atoms with Gasteiger partial charge in [-0.3, -0.25) is 14.4 Å². The number of carbonyl (C=O) groups excluding carboxylic acids is 3. The van der Waals surface area contributed by atoms with Crippen LogP contribution in [0.5, 0.6) is 0 Å². The summed E-state index contributed by atoms with van der Waals surface area (Å²) in [4.78, 5) is 66.1. The van der Waals surface area contributed by atoms with Crippen LogP contribution in [-0.2, 0) is 38.4 Å². The zero-order valence-corrected chi connectivity index (χ0v) is 26.4. The van der Waals surface area contributed by atoms with Crippen molar-refractivity contribution in [2.75, 3.05) is 6.54 Å². The minimum Gasteiger partial charge on any atom is -0.480 e. The molecule has 14 nitrogen and oxygen atoms in total. The largest absolute Gasteiger partial charge is 0.480 e. The molecule has 14 heteroatoms. The standard InChI is InChI=1S/C34H41N9O5/c35-12-6-5-11-28(32(45)43-30(34(47)48)14-21-17-39-27-10-4-2-8-24(21)27)41-33(46)29(15-22-18-37-19-40-22)42-31(44)25(36)13-20-16-38-26-9-3-1-7-23(20)26/h1-4,7-10,16-19,25,28-30,38-39H,5-6,11-15,35-36H2,(H,37,40)(H,41,46)(H,42,44)(H,43,45)(H,47,48). The van der Waals surface area contributed by atoms with Crippen molar-refractivity contribution < 1.29 is 24.3 Å². The number of carboxylic acids is 1. The Hall–Kier alpha value is -5.47. The minimum atomic E-state index is -1.26. The average Bonchev–Trinajstić information content (AvgIpc) is 3.84. The van der Waals surface area contributed by atoms with Gasteiger partial charge in [-0.05, 0) is 55.5 Å². The summed E-state index contributed by atoms with van der Waals surface area (Å²) < 4.78 is 0. The van der Waals surface area contributed by atoms with Crippen LogP contribution in [-0.4, -0.2) is 79.4 Å². The zero-order valence-electron chi connectivity index (χ0n) is 26.4. The van der Waals surface area contributed by atoms with Crippen molar-refractivity contribution in [3.8, 4) is 0 Å². The van der Waals surface area contributed by atoms with Gasteiger partial charge in [0.05, 0.1) is 12.4 Å². The quantitative estimate of drug-likeness (QED) is 0.0662. The normalized spacial score (nSPS) is 13.9. The number of benzene rings is 2. The number of aliphatic carboxylic acids is 1. The van der Waals surface area contributed by atoms with E-state index in [1.807, 2.05) is 48.5 Å². The molecule has 5 aromatic rings. The van der Waals surface area contributed by atoms with E-state index < -0.39 is 47.9 Å². The number of hydrogen-bond donors (Lipinski definition) is 9. The molecule has 11 N–H and O–H groups in total. The fourth-order valence-electron chi connectivity index (χ4n) is 5.76. The van der Waals surface area contributed by atoms with E-state index in [1.54, 1.807) is 12.4 Å². The lowest BCUT2D eigenvalue weighted by molar-refractivity contribution is -0.142. The first-order valence-corrected chi connectivity index (χ1v) is 15.9. The first kappa shape index (κ1) is 33.9. The molecule has 3 heterocycles. The summed E-state index contributed by atoms with van der Waals surface area (Å²) in [6.45, 7) is 0.382. The number of para-hydroxylation sites is 2. The van der Waals surface area contributed by atoms with Crippen molar-refractivity contribution in [1.82, 2.24) is 35.9 Å². The molecule has 0 aliphatic rings. The molecule has 0 saturated heterocycles. The number of rotatable bonds is 17. The molecule has 5 rings (SSSR count). The summed E-state index contributed by atoms with van der Waals surface area (Å²) >= 11 is 0. The number of hydrogen-bond acceptors (Lipinski definition) is 7. The number of imidazole rings is 1. The molecule has 252 valence electrons. The van der Waals surface area contributed by atoms with Crippen molar-refractivity contribution in [2.24, 2.45) is 11.5 Å². The Labute approximate surface area is 276 Å². The highest BCUT2D eigenvalue weighted by Crippen LogP contribution is 2.20. The molecule has 4 unspecified atom stereocenters. The number of unbranched alkanes of at least 4 members (excludes halogenated alkanes) is 1. The van der Waals surface area contributed by atoms with Gasteiger partial charge in [0.25, 0.3) is 0 Å². The first-order chi connectivity index (χ1) is 23.2. The third-order valence-corrected chi connectivity index (χ3v) is 8.36. The van der Waals surface area contributed by atoms with Gasteiger partial charge in [-0.15, -0.1) is 0 Å². The molecule has 3 aromatic heterocycles. The molecule has 4 atom stereocenters. The molecule has 0 aliphatic heterocycles. The predicted octanol–water partition coefficient (Wildman–Crippen LogP) is 1.40. The summed E-state index contributed by atoms with van der Waals surface area (Å²) in [6, 6.07) is 10.7. The van der Waals surface area contributed by atoms with Crippen LogP contribution in [0.15, 0.2) is 73.4 Å². The minimum absolute atomic E-state index is 0.0291. The van der Waals surface area contributed by atoms with E-state index in [9.17, 15) is 24.3 Å². The first-order valence-electron chi connectivity index (χ1n) is 15.9. The number of nitrogens with one attached hydrogen (secondary N) is 6. The molecule has 0 radical (unpaired) electrons. The lowest BCUT2D eigenvalue weighted by atomic mass is 10.0. The Morgan fingerprint density at radius 1 is 0.729 bits per heavy atom. The monoisotopic (exact) mass is 655 g/mol. The number of carbonyl (C=O) groups is 4. The van der Waals surface area contributed by atoms with Crippen molar-refractivity contribution in [3.63, 3.8) is 0 Å². The van der Waals surface area contributed by atoms with Crippen molar-refractivity contribution >= 4 is 45.5 Å². The van der Waals surface area contributed by atoms with Gasteiger partial charge in [0, 0.05) is 58.9 Å². The topological polar surface area (TPSA) is 237 Å². The third kappa shape index (κ3) is 8.46. The summed E-state index contributed by atoms with van der Waals surface area (Å²) in [7, 11) is 0. The number of nitrogens with zero attached hydrogens (tertiary/aromatic N) is 1. The van der Waals surface area contributed by atoms with E-state index >= 15 is 0 Å². The van der Waals surface area contributed by atoms with Gasteiger partial charge in [-0.25, -0.2) is 9.78 Å². The van der Waals surface area contributed by atoms with Crippen LogP contribution in [0.1, 0.15) is 36.1 Å². The maximum absolute atomic E-state index is 13.8. The predicted molar refractivity (Wildman–Crippen MR) is 181 cm³/mol. The molecule has 0 fully saturated rings. The molecule has 2 aromatic carbocycles. The highest BCUT2D eigenvalue weighted by atomic mass is 16.4. The van der Waals surface area contributed by atoms with Gasteiger partial charge in [0.2, 0.25) is 17.7 Å². The Morgan fingerprint density at radius 2 is 1.31 bits per heavy atom. The van der Waals surface area contributed by atoms with Crippen LogP contribution in [0.4, 0.5) is 0 Å². The third-order valence-electron chi connectivity index (χ3n) is 8.36. The second kappa shape index (κ2) is 15.9. The number of aromatic amines is 3. The van der Waals surface area contributed by atoms with Gasteiger partial charge in [0.1, 0.15) is 18.1 Å². The molecule has 3 amide bonds. The summed E-state index contributed by atoms with van der Waals surface area (Å²) in [6.07, 6.45) is 8.12. The van der Waals surface area contributed by atoms with E-state index in [-0.39, 0.29) is 25.7 Å². The zero-order chi connectivity index (χ0) is 34.0. The fourth-order valence-corrected chi connectivity index (χ4v) is 5.76. The van der Waals surface area contributed by atoms with E-state index in [0.29, 0.717) is 25.1 Å². The second-order valence-corrected chi connectivity index (χ2v) is 11.8. The SMILES string of the molecule is NCCCCC(NC(=O)C(Cc1cnc[nH]1)NC(=O)C(N)Cc1c[nH]c2ccccc12)C(=O)NC(Cc1c[nH]c2ccccc12)C(=O)O. The Morgan fingerprint density at radius 3 is 1.92 bits per heavy atom. The van der Waals surface area contributed by atoms with Crippen LogP contribution in [0.2, 0.25) is 0 Å². The smallest absolute Gasteiger partial charge is 0.326 e. The second-order valence-electron chi connectivity index (χ2n) is 11.8. The lowest BCUT2D eigenvalue weighted by Gasteiger charge is -2.25. The molecule has 0 spiro atoms. The Kier molecular flexibility index (Phi) is 11.2. The van der Waals surface area contributed by atoms with Crippen LogP contribution in [0.3, 0.4) is 0 Å². The van der Waals surface area contributed by atoms with E-state index in [4.69, 9.17) is 11.5 Å². The number of H-pyrrole nitrogens is 3. The van der Waals surface area contributed by atoms with Crippen LogP contribution < -0.4 is 27.4 Å². The maximum Gasteiger partial charge on any atom is 0.326 e. The van der Waals surface area contributed by atoms with Crippen molar-refractivity contribution in [3.05, 3.63) is 90.3 Å². The van der Waals surface area contributed by atoms with Gasteiger partial charge in [-0.2, -0.15) is 0 Å². The summed E-state index contributed by atoms with van der Waals surface area (Å²) in [5.74, 6) is -3.05. The summed E-state index contributed by atoms with van der Waals surface area (Å²) in [5.41, 5.74) is 15.9. The lowest BCUT2D eigenvalue weighted by Crippen LogP contribution is -2.58. The van der Waals surface area contributed by atoms with Crippen LogP contribution in [0.25, 0.3) is 21.8 Å². The number of carboxylic acid groups (broad SMARTS) is 1. The van der Waals surface area contributed by atoms with Gasteiger partial charge in [-0.1, -0.05) is 36.4 Å². The maximum atomic E-state index is 13.8. The molecule has 0 saturated carbocycles. The number of nitrogens with two attached hydrogens (primary N) is 2. The molecule has 48 heavy (non-hydrogen) atoms. The van der Waals surface area contributed by atoms with E-state index in [1.165, 1.54) is 12.5 Å². The van der Waals surface area contributed by atoms with E-state index in [0.717, 1.165) is 32.9 Å². The van der Waals surface area contributed by atoms with Crippen molar-refractivity contribution in [2.45, 2.75) is 62.7 Å². The Bertz CT molecular complexity index is 1850. The molecule has 0 bridgehead atoms. The average molecular weight is 656 g/mol. The highest BCUT2D eigenvalue weighted by Gasteiger charge is 2.31.